The van der Waals surface area contributed by atoms with Crippen molar-refractivity contribution in [2.75, 3.05) is 100 Å². The van der Waals surface area contributed by atoms with Gasteiger partial charge in [0.05, 0.1) is 59.5 Å². The van der Waals surface area contributed by atoms with Gasteiger partial charge in [0.1, 0.15) is 0 Å². The van der Waals surface area contributed by atoms with Crippen LogP contribution in [-0.2, 0) is 62.4 Å². The van der Waals surface area contributed by atoms with Gasteiger partial charge in [-0.15, -0.1) is 0 Å². The Morgan fingerprint density at radius 1 is 0.467 bits per heavy atom. The van der Waals surface area contributed by atoms with Crippen LogP contribution in [-0.4, -0.2) is 132 Å². The molecule has 45 heavy (non-hydrogen) atoms. The zero-order valence-electron chi connectivity index (χ0n) is 26.5. The van der Waals surface area contributed by atoms with E-state index in [2.05, 4.69) is 16.0 Å². The second-order valence-electron chi connectivity index (χ2n) is 9.42. The Kier molecular flexibility index (Phi) is 21.9. The molecule has 0 aliphatic heterocycles. The number of carbonyl (C=O) groups is 3. The Balaban J connectivity index is 2.89. The maximum Gasteiger partial charge on any atom is 0.336 e. The van der Waals surface area contributed by atoms with Gasteiger partial charge < -0.3 is 44.4 Å². The minimum Gasteiger partial charge on any atom is -0.382 e. The van der Waals surface area contributed by atoms with Gasteiger partial charge in [0, 0.05) is 79.9 Å². The standard InChI is InChI=1S/C27H48N6O12/c1-40-16-19-43-13-4-22(34)28-7-10-31-25(37)32(11-8-29-23(35)5-14-44-20-17-41-2)27(39)33(26(31)38)12-9-30-24(36)6-15-45-21-18-42-3/h4-21H2,1-3H3,(H,28,34)(H,29,35)(H,30,36). The second-order valence-corrected chi connectivity index (χ2v) is 9.42. The molecule has 0 fully saturated rings. The average Bonchev–Trinajstić information content (AvgIpc) is 3.01. The molecule has 0 unspecified atom stereocenters. The summed E-state index contributed by atoms with van der Waals surface area (Å²) in [4.78, 5) is 75.9. The van der Waals surface area contributed by atoms with E-state index in [1.165, 1.54) is 21.3 Å². The predicted octanol–water partition coefficient (Wildman–Crippen LogP) is -3.32. The first-order valence-corrected chi connectivity index (χ1v) is 14.7. The number of hydrogen-bond acceptors (Lipinski definition) is 12. The molecule has 1 rings (SSSR count). The summed E-state index contributed by atoms with van der Waals surface area (Å²) < 4.78 is 32.9. The smallest absolute Gasteiger partial charge is 0.336 e. The van der Waals surface area contributed by atoms with Gasteiger partial charge >= 0.3 is 17.1 Å². The van der Waals surface area contributed by atoms with E-state index in [1.807, 2.05) is 0 Å². The molecule has 3 N–H and O–H groups in total. The van der Waals surface area contributed by atoms with E-state index in [1.54, 1.807) is 0 Å². The van der Waals surface area contributed by atoms with E-state index in [0.717, 1.165) is 13.7 Å². The number of nitrogens with zero attached hydrogens (tertiary/aromatic N) is 3. The first-order chi connectivity index (χ1) is 21.8. The number of ether oxygens (including phenoxy) is 6. The van der Waals surface area contributed by atoms with Gasteiger partial charge in [-0.1, -0.05) is 0 Å². The number of aromatic nitrogens is 3. The Bertz CT molecular complexity index is 1010. The van der Waals surface area contributed by atoms with Gasteiger partial charge in [0.2, 0.25) is 17.7 Å². The van der Waals surface area contributed by atoms with Crippen molar-refractivity contribution in [2.45, 2.75) is 38.9 Å². The summed E-state index contributed by atoms with van der Waals surface area (Å²) in [5.41, 5.74) is -2.69. The highest BCUT2D eigenvalue weighted by atomic mass is 16.5. The second kappa shape index (κ2) is 24.8. The Hall–Kier alpha value is -3.42. The molecular formula is C27H48N6O12. The number of amides is 3. The molecule has 0 aliphatic rings. The molecule has 0 radical (unpaired) electrons. The zero-order valence-corrected chi connectivity index (χ0v) is 26.5. The van der Waals surface area contributed by atoms with Gasteiger partial charge in [-0.2, -0.15) is 0 Å². The molecule has 0 aliphatic carbocycles. The molecule has 0 aromatic carbocycles. The van der Waals surface area contributed by atoms with Crippen molar-refractivity contribution in [1.29, 1.82) is 0 Å². The summed E-state index contributed by atoms with van der Waals surface area (Å²) in [6.45, 7) is 1.86. The molecule has 0 atom stereocenters. The summed E-state index contributed by atoms with van der Waals surface area (Å²) in [6.07, 6.45) is 0.198. The highest BCUT2D eigenvalue weighted by molar-refractivity contribution is 5.76. The summed E-state index contributed by atoms with van der Waals surface area (Å²) in [7, 11) is 4.60. The minimum absolute atomic E-state index is 0.0656. The molecule has 0 saturated heterocycles. The maximum atomic E-state index is 13.2. The van der Waals surface area contributed by atoms with Crippen LogP contribution in [0.5, 0.6) is 0 Å². The molecular weight excluding hydrogens is 600 g/mol. The van der Waals surface area contributed by atoms with Gasteiger partial charge in [0.15, 0.2) is 0 Å². The number of methoxy groups -OCH3 is 3. The Labute approximate surface area is 261 Å². The summed E-state index contributed by atoms with van der Waals surface area (Å²) >= 11 is 0. The molecule has 0 spiro atoms. The normalized spacial score (nSPS) is 11.0. The molecule has 1 aromatic heterocycles. The highest BCUT2D eigenvalue weighted by Gasteiger charge is 2.16. The highest BCUT2D eigenvalue weighted by Crippen LogP contribution is 1.87. The van der Waals surface area contributed by atoms with Gasteiger partial charge in [-0.05, 0) is 0 Å². The molecule has 3 amide bonds. The largest absolute Gasteiger partial charge is 0.382 e. The monoisotopic (exact) mass is 648 g/mol. The lowest BCUT2D eigenvalue weighted by Gasteiger charge is -2.15. The van der Waals surface area contributed by atoms with Crippen LogP contribution in [0.3, 0.4) is 0 Å². The quantitative estimate of drug-likeness (QED) is 0.0801. The number of nitrogens with one attached hydrogen (secondary N) is 3. The van der Waals surface area contributed by atoms with Gasteiger partial charge in [-0.25, -0.2) is 28.1 Å². The topological polar surface area (TPSA) is 209 Å². The van der Waals surface area contributed by atoms with Crippen molar-refractivity contribution >= 4 is 17.7 Å². The Morgan fingerprint density at radius 2 is 0.733 bits per heavy atom. The molecule has 258 valence electrons. The first kappa shape index (κ1) is 39.6. The minimum atomic E-state index is -0.896. The third-order valence-electron chi connectivity index (χ3n) is 6.07. The Morgan fingerprint density at radius 3 is 0.978 bits per heavy atom. The number of rotatable bonds is 27. The maximum absolute atomic E-state index is 13.2. The van der Waals surface area contributed by atoms with E-state index < -0.39 is 17.1 Å². The fourth-order valence-corrected chi connectivity index (χ4v) is 3.67. The van der Waals surface area contributed by atoms with E-state index in [0.29, 0.717) is 39.6 Å². The van der Waals surface area contributed by atoms with Crippen molar-refractivity contribution in [1.82, 2.24) is 29.7 Å². The fourth-order valence-electron chi connectivity index (χ4n) is 3.67. The molecule has 0 saturated carbocycles. The van der Waals surface area contributed by atoms with Crippen LogP contribution in [0.2, 0.25) is 0 Å². The average molecular weight is 649 g/mol. The van der Waals surface area contributed by atoms with Crippen molar-refractivity contribution < 1.29 is 42.8 Å². The molecule has 1 aromatic rings. The van der Waals surface area contributed by atoms with Crippen LogP contribution in [0, 0.1) is 0 Å². The lowest BCUT2D eigenvalue weighted by molar-refractivity contribution is -0.123. The molecule has 0 bridgehead atoms. The van der Waals surface area contributed by atoms with Crippen LogP contribution in [0.1, 0.15) is 19.3 Å². The number of hydrogen-bond donors (Lipinski definition) is 3. The lowest BCUT2D eigenvalue weighted by Crippen LogP contribution is -2.56. The third kappa shape index (κ3) is 17.0. The summed E-state index contributed by atoms with van der Waals surface area (Å²) in [6, 6.07) is 0. The first-order valence-electron chi connectivity index (χ1n) is 14.7. The van der Waals surface area contributed by atoms with Crippen LogP contribution in [0.15, 0.2) is 14.4 Å². The lowest BCUT2D eigenvalue weighted by atomic mass is 10.4. The van der Waals surface area contributed by atoms with Crippen LogP contribution in [0.4, 0.5) is 0 Å². The van der Waals surface area contributed by atoms with Crippen LogP contribution < -0.4 is 33.0 Å². The van der Waals surface area contributed by atoms with Gasteiger partial charge in [-0.3, -0.25) is 14.4 Å². The summed E-state index contributed by atoms with van der Waals surface area (Å²) in [5.74, 6) is -1.05. The van der Waals surface area contributed by atoms with E-state index in [9.17, 15) is 28.8 Å². The molecule has 18 nitrogen and oxygen atoms in total. The van der Waals surface area contributed by atoms with E-state index in [4.69, 9.17) is 28.4 Å². The summed E-state index contributed by atoms with van der Waals surface area (Å²) in [5, 5.41) is 7.84. The molecule has 18 heteroatoms. The third-order valence-corrected chi connectivity index (χ3v) is 6.07. The van der Waals surface area contributed by atoms with E-state index in [-0.39, 0.29) is 96.1 Å². The van der Waals surface area contributed by atoms with Crippen molar-refractivity contribution in [3.8, 4) is 0 Å². The van der Waals surface area contributed by atoms with Crippen LogP contribution >= 0.6 is 0 Å². The SMILES string of the molecule is COCCOCCC(=O)NCCn1c(=O)n(CCNC(=O)CCOCCOC)c(=O)n(CCNC(=O)CCOCCOC)c1=O. The van der Waals surface area contributed by atoms with Crippen LogP contribution in [0.25, 0.3) is 0 Å². The van der Waals surface area contributed by atoms with E-state index >= 15 is 0 Å². The van der Waals surface area contributed by atoms with Crippen molar-refractivity contribution in [3.63, 3.8) is 0 Å². The fraction of sp³-hybridized carbons (Fsp3) is 0.778. The van der Waals surface area contributed by atoms with Gasteiger partial charge in [0.25, 0.3) is 0 Å². The predicted molar refractivity (Wildman–Crippen MR) is 160 cm³/mol. The number of carbonyl (C=O) groups excluding carboxylic acids is 3. The zero-order chi connectivity index (χ0) is 33.3. The van der Waals surface area contributed by atoms with Crippen molar-refractivity contribution in [3.05, 3.63) is 31.5 Å². The molecule has 1 heterocycles. The van der Waals surface area contributed by atoms with Crippen molar-refractivity contribution in [2.24, 2.45) is 0 Å².